The molecule has 1 atom stereocenters. The number of thioether (sulfide) groups is 1. The number of imide groups is 1. The lowest BCUT2D eigenvalue weighted by molar-refractivity contribution is -0.141. The average Bonchev–Trinajstić information content (AvgIpc) is 2.60. The van der Waals surface area contributed by atoms with Crippen molar-refractivity contribution in [3.8, 4) is 0 Å². The standard InChI is InChI=1S/C11H9FN2O4S/c12-6-1-3-7(4-2-6)13-9-10(17)14(5-8(15)16)11(18)19-9/h1-4,9,13H,5H2,(H,15,16)/t9-/m1/s1. The fourth-order valence-corrected chi connectivity index (χ4v) is 2.42. The highest BCUT2D eigenvalue weighted by atomic mass is 32.2. The molecule has 0 unspecified atom stereocenters. The van der Waals surface area contributed by atoms with Gasteiger partial charge in [0, 0.05) is 5.69 Å². The lowest BCUT2D eigenvalue weighted by Gasteiger charge is -2.12. The normalized spacial score (nSPS) is 18.8. The summed E-state index contributed by atoms with van der Waals surface area (Å²) in [6.07, 6.45) is 0. The molecule has 1 aliphatic heterocycles. The number of benzene rings is 1. The number of carbonyl (C=O) groups excluding carboxylic acids is 2. The second-order valence-electron chi connectivity index (χ2n) is 3.73. The van der Waals surface area contributed by atoms with Gasteiger partial charge in [-0.3, -0.25) is 19.3 Å². The van der Waals surface area contributed by atoms with E-state index >= 15 is 0 Å². The number of rotatable bonds is 4. The van der Waals surface area contributed by atoms with Crippen LogP contribution in [0.4, 0.5) is 14.9 Å². The maximum Gasteiger partial charge on any atom is 0.323 e. The fraction of sp³-hybridized carbons (Fsp3) is 0.182. The molecule has 1 aromatic rings. The number of halogens is 1. The van der Waals surface area contributed by atoms with E-state index in [0.717, 1.165) is 0 Å². The molecule has 6 nitrogen and oxygen atoms in total. The van der Waals surface area contributed by atoms with E-state index in [1.54, 1.807) is 0 Å². The van der Waals surface area contributed by atoms with Crippen LogP contribution in [0, 0.1) is 5.82 Å². The van der Waals surface area contributed by atoms with Gasteiger partial charge in [0.1, 0.15) is 12.4 Å². The molecule has 19 heavy (non-hydrogen) atoms. The van der Waals surface area contributed by atoms with Crippen LogP contribution in [-0.2, 0) is 9.59 Å². The van der Waals surface area contributed by atoms with Crippen LogP contribution in [0.15, 0.2) is 24.3 Å². The summed E-state index contributed by atoms with van der Waals surface area (Å²) in [4.78, 5) is 34.5. The summed E-state index contributed by atoms with van der Waals surface area (Å²) in [6, 6.07) is 5.27. The Bertz CT molecular complexity index is 534. The first-order chi connectivity index (χ1) is 8.97. The number of hydrogen-bond acceptors (Lipinski definition) is 5. The minimum atomic E-state index is -1.26. The van der Waals surface area contributed by atoms with Crippen LogP contribution in [0.25, 0.3) is 0 Å². The number of amides is 2. The second kappa shape index (κ2) is 5.27. The van der Waals surface area contributed by atoms with E-state index in [0.29, 0.717) is 22.3 Å². The van der Waals surface area contributed by atoms with Gasteiger partial charge in [-0.05, 0) is 36.0 Å². The van der Waals surface area contributed by atoms with Gasteiger partial charge in [0.15, 0.2) is 5.37 Å². The number of nitrogens with zero attached hydrogens (tertiary/aromatic N) is 1. The van der Waals surface area contributed by atoms with Gasteiger partial charge in [-0.1, -0.05) is 0 Å². The Kier molecular flexibility index (Phi) is 3.70. The SMILES string of the molecule is O=C(O)CN1C(=O)S[C@@H](Nc2ccc(F)cc2)C1=O. The number of carboxylic acid groups (broad SMARTS) is 1. The van der Waals surface area contributed by atoms with Crippen LogP contribution < -0.4 is 5.32 Å². The highest BCUT2D eigenvalue weighted by Gasteiger charge is 2.40. The monoisotopic (exact) mass is 284 g/mol. The van der Waals surface area contributed by atoms with Gasteiger partial charge < -0.3 is 10.4 Å². The number of nitrogens with one attached hydrogen (secondary N) is 1. The molecular formula is C11H9FN2O4S. The van der Waals surface area contributed by atoms with E-state index in [-0.39, 0.29) is 0 Å². The highest BCUT2D eigenvalue weighted by Crippen LogP contribution is 2.27. The van der Waals surface area contributed by atoms with Crippen LogP contribution >= 0.6 is 11.8 Å². The van der Waals surface area contributed by atoms with Gasteiger partial charge in [0.2, 0.25) is 0 Å². The van der Waals surface area contributed by atoms with Crippen LogP contribution in [-0.4, -0.2) is 39.0 Å². The zero-order valence-electron chi connectivity index (χ0n) is 9.50. The second-order valence-corrected chi connectivity index (χ2v) is 4.79. The largest absolute Gasteiger partial charge is 0.480 e. The van der Waals surface area contributed by atoms with Crippen molar-refractivity contribution in [2.45, 2.75) is 5.37 Å². The minimum absolute atomic E-state index is 0.417. The maximum absolute atomic E-state index is 12.7. The molecule has 8 heteroatoms. The van der Waals surface area contributed by atoms with Crippen molar-refractivity contribution in [2.75, 3.05) is 11.9 Å². The van der Waals surface area contributed by atoms with Crippen molar-refractivity contribution in [1.29, 1.82) is 0 Å². The Labute approximate surface area is 111 Å². The first-order valence-corrected chi connectivity index (χ1v) is 6.11. The van der Waals surface area contributed by atoms with Gasteiger partial charge in [-0.2, -0.15) is 0 Å². The molecule has 2 N–H and O–H groups in total. The molecule has 1 heterocycles. The summed E-state index contributed by atoms with van der Waals surface area (Å²) in [7, 11) is 0. The van der Waals surface area contributed by atoms with Gasteiger partial charge >= 0.3 is 5.97 Å². The summed E-state index contributed by atoms with van der Waals surface area (Å²) in [6.45, 7) is -0.660. The molecule has 2 amide bonds. The van der Waals surface area contributed by atoms with Gasteiger partial charge in [0.25, 0.3) is 11.1 Å². The van der Waals surface area contributed by atoms with E-state index in [2.05, 4.69) is 5.32 Å². The van der Waals surface area contributed by atoms with E-state index in [4.69, 9.17) is 5.11 Å². The smallest absolute Gasteiger partial charge is 0.323 e. The number of anilines is 1. The zero-order chi connectivity index (χ0) is 14.0. The van der Waals surface area contributed by atoms with Gasteiger partial charge in [-0.15, -0.1) is 0 Å². The number of aliphatic carboxylic acids is 1. The molecule has 0 aromatic heterocycles. The third kappa shape index (κ3) is 3.02. The van der Waals surface area contributed by atoms with Crippen molar-refractivity contribution in [2.24, 2.45) is 0 Å². The van der Waals surface area contributed by atoms with Crippen LogP contribution in [0.3, 0.4) is 0 Å². The molecule has 100 valence electrons. The molecule has 0 saturated carbocycles. The van der Waals surface area contributed by atoms with Crippen molar-refractivity contribution in [3.05, 3.63) is 30.1 Å². The fourth-order valence-electron chi connectivity index (χ4n) is 1.51. The molecule has 0 spiro atoms. The van der Waals surface area contributed by atoms with E-state index < -0.39 is 34.9 Å². The molecule has 0 bridgehead atoms. The predicted molar refractivity (Wildman–Crippen MR) is 66.1 cm³/mol. The quantitative estimate of drug-likeness (QED) is 0.867. The van der Waals surface area contributed by atoms with Crippen molar-refractivity contribution in [1.82, 2.24) is 4.90 Å². The topological polar surface area (TPSA) is 86.7 Å². The third-order valence-electron chi connectivity index (χ3n) is 2.36. The Morgan fingerprint density at radius 3 is 2.58 bits per heavy atom. The summed E-state index contributed by atoms with van der Waals surface area (Å²) in [5.41, 5.74) is 0.470. The Hall–Kier alpha value is -2.09. The van der Waals surface area contributed by atoms with Crippen molar-refractivity contribution >= 4 is 34.6 Å². The molecule has 1 fully saturated rings. The Morgan fingerprint density at radius 1 is 1.37 bits per heavy atom. The molecule has 1 aliphatic rings. The van der Waals surface area contributed by atoms with Crippen LogP contribution in [0.2, 0.25) is 0 Å². The molecule has 1 saturated heterocycles. The number of hydrogen-bond donors (Lipinski definition) is 2. The lowest BCUT2D eigenvalue weighted by atomic mass is 10.3. The zero-order valence-corrected chi connectivity index (χ0v) is 10.3. The number of carboxylic acids is 1. The molecule has 0 radical (unpaired) electrons. The molecule has 2 rings (SSSR count). The first kappa shape index (κ1) is 13.3. The van der Waals surface area contributed by atoms with E-state index in [1.165, 1.54) is 24.3 Å². The minimum Gasteiger partial charge on any atom is -0.480 e. The van der Waals surface area contributed by atoms with Gasteiger partial charge in [-0.25, -0.2) is 4.39 Å². The summed E-state index contributed by atoms with van der Waals surface area (Å²) >= 11 is 0.692. The highest BCUT2D eigenvalue weighted by molar-refractivity contribution is 8.15. The van der Waals surface area contributed by atoms with Gasteiger partial charge in [0.05, 0.1) is 0 Å². The number of carbonyl (C=O) groups is 3. The first-order valence-electron chi connectivity index (χ1n) is 5.23. The van der Waals surface area contributed by atoms with Crippen LogP contribution in [0.5, 0.6) is 0 Å². The van der Waals surface area contributed by atoms with Crippen LogP contribution in [0.1, 0.15) is 0 Å². The van der Waals surface area contributed by atoms with E-state index in [1.807, 2.05) is 0 Å². The maximum atomic E-state index is 12.7. The summed E-state index contributed by atoms with van der Waals surface area (Å²) in [5, 5.41) is 9.83. The van der Waals surface area contributed by atoms with E-state index in [9.17, 15) is 18.8 Å². The van der Waals surface area contributed by atoms with Crippen molar-refractivity contribution < 1.29 is 23.9 Å². The molecule has 0 aliphatic carbocycles. The Balaban J connectivity index is 2.06. The Morgan fingerprint density at radius 2 is 2.00 bits per heavy atom. The predicted octanol–water partition coefficient (Wildman–Crippen LogP) is 1.34. The summed E-state index contributed by atoms with van der Waals surface area (Å²) in [5.74, 6) is -2.30. The molecule has 1 aromatic carbocycles. The van der Waals surface area contributed by atoms with Crippen molar-refractivity contribution in [3.63, 3.8) is 0 Å². The average molecular weight is 284 g/mol. The lowest BCUT2D eigenvalue weighted by Crippen LogP contribution is -2.37. The third-order valence-corrected chi connectivity index (χ3v) is 3.34. The molecular weight excluding hydrogens is 275 g/mol. The summed E-state index contributed by atoms with van der Waals surface area (Å²) < 4.78 is 12.7.